The maximum absolute atomic E-state index is 6.95. The third kappa shape index (κ3) is 5.09. The van der Waals surface area contributed by atoms with Crippen LogP contribution in [0.5, 0.6) is 0 Å². The van der Waals surface area contributed by atoms with Crippen molar-refractivity contribution in [2.24, 2.45) is 5.73 Å². The van der Waals surface area contributed by atoms with Gasteiger partial charge in [0.1, 0.15) is 0 Å². The lowest BCUT2D eigenvalue weighted by molar-refractivity contribution is 0.501. The standard InChI is InChI=1S/C50H44N2/c1-49(2)43-27-15-23-38(46(43)41-30-34-19-8-9-20-35(34)31-44(41)49)36-21-11-10-16-32(36)28-29-45(52-48(51)33-17-6-5-7-18-33)40-25-14-24-39-37-22-12-13-26-42(37)50(3,4)47(39)40/h5-31,45,48,52H,51H2,1-4H3/b29-28+. The molecule has 2 unspecified atom stereocenters. The molecule has 0 fully saturated rings. The van der Waals surface area contributed by atoms with Crippen LogP contribution in [-0.2, 0) is 10.8 Å². The summed E-state index contributed by atoms with van der Waals surface area (Å²) in [6.45, 7) is 9.44. The monoisotopic (exact) mass is 672 g/mol. The molecule has 9 rings (SSSR count). The molecule has 2 nitrogen and oxygen atoms in total. The van der Waals surface area contributed by atoms with Crippen LogP contribution in [0.15, 0.2) is 158 Å². The average molecular weight is 673 g/mol. The fraction of sp³-hybridized carbons (Fsp3) is 0.160. The van der Waals surface area contributed by atoms with Crippen molar-refractivity contribution in [3.05, 3.63) is 197 Å². The van der Waals surface area contributed by atoms with Crippen molar-refractivity contribution >= 4 is 16.8 Å². The van der Waals surface area contributed by atoms with Crippen LogP contribution in [0.1, 0.15) is 78.8 Å². The van der Waals surface area contributed by atoms with Gasteiger partial charge in [0.25, 0.3) is 0 Å². The van der Waals surface area contributed by atoms with E-state index in [1.54, 1.807) is 0 Å². The molecule has 3 N–H and O–H groups in total. The number of nitrogens with two attached hydrogens (primary N) is 1. The smallest absolute Gasteiger partial charge is 0.0817 e. The Morgan fingerprint density at radius 2 is 1.13 bits per heavy atom. The molecule has 0 bridgehead atoms. The molecule has 2 heteroatoms. The van der Waals surface area contributed by atoms with Gasteiger partial charge >= 0.3 is 0 Å². The minimum atomic E-state index is -0.347. The van der Waals surface area contributed by atoms with Crippen LogP contribution in [0.3, 0.4) is 0 Å². The van der Waals surface area contributed by atoms with Gasteiger partial charge in [0.2, 0.25) is 0 Å². The molecular formula is C50H44N2. The summed E-state index contributed by atoms with van der Waals surface area (Å²) in [5, 5.41) is 6.41. The van der Waals surface area contributed by atoms with E-state index in [0.717, 1.165) is 5.56 Å². The van der Waals surface area contributed by atoms with Gasteiger partial charge in [-0.3, -0.25) is 5.32 Å². The zero-order valence-corrected chi connectivity index (χ0v) is 30.3. The van der Waals surface area contributed by atoms with Crippen LogP contribution >= 0.6 is 0 Å². The average Bonchev–Trinajstić information content (AvgIpc) is 3.55. The van der Waals surface area contributed by atoms with Crippen LogP contribution < -0.4 is 11.1 Å². The van der Waals surface area contributed by atoms with Crippen molar-refractivity contribution in [2.75, 3.05) is 0 Å². The summed E-state index contributed by atoms with van der Waals surface area (Å²) in [7, 11) is 0. The van der Waals surface area contributed by atoms with Gasteiger partial charge in [0.15, 0.2) is 0 Å². The zero-order valence-electron chi connectivity index (χ0n) is 30.3. The first-order chi connectivity index (χ1) is 25.2. The lowest BCUT2D eigenvalue weighted by atomic mass is 9.78. The summed E-state index contributed by atoms with van der Waals surface area (Å²) in [4.78, 5) is 0. The molecule has 2 atom stereocenters. The number of benzene rings is 7. The number of rotatable bonds is 7. The van der Waals surface area contributed by atoms with Crippen molar-refractivity contribution in [2.45, 2.75) is 50.7 Å². The molecule has 2 aliphatic rings. The zero-order chi connectivity index (χ0) is 35.6. The van der Waals surface area contributed by atoms with Gasteiger partial charge < -0.3 is 5.73 Å². The van der Waals surface area contributed by atoms with Crippen LogP contribution in [-0.4, -0.2) is 0 Å². The van der Waals surface area contributed by atoms with Gasteiger partial charge in [-0.05, 0) is 95.2 Å². The fourth-order valence-electron chi connectivity index (χ4n) is 9.13. The van der Waals surface area contributed by atoms with E-state index in [1.165, 1.54) is 77.5 Å². The Hall–Kier alpha value is -5.54. The Labute approximate surface area is 307 Å². The van der Waals surface area contributed by atoms with Gasteiger partial charge in [-0.25, -0.2) is 0 Å². The third-order valence-corrected chi connectivity index (χ3v) is 11.8. The topological polar surface area (TPSA) is 38.0 Å². The molecule has 52 heavy (non-hydrogen) atoms. The molecule has 0 saturated carbocycles. The highest BCUT2D eigenvalue weighted by Gasteiger charge is 2.39. The molecule has 0 aliphatic heterocycles. The molecule has 254 valence electrons. The Bertz CT molecular complexity index is 2520. The van der Waals surface area contributed by atoms with Gasteiger partial charge in [-0.1, -0.05) is 179 Å². The highest BCUT2D eigenvalue weighted by atomic mass is 15.0. The largest absolute Gasteiger partial charge is 0.312 e. The molecule has 7 aromatic rings. The molecule has 0 amide bonds. The summed E-state index contributed by atoms with van der Waals surface area (Å²) in [5.41, 5.74) is 23.5. The molecule has 0 radical (unpaired) electrons. The van der Waals surface area contributed by atoms with Crippen molar-refractivity contribution in [3.8, 4) is 33.4 Å². The Kier molecular flexibility index (Phi) is 7.66. The van der Waals surface area contributed by atoms with Crippen LogP contribution in [0.2, 0.25) is 0 Å². The maximum Gasteiger partial charge on any atom is 0.0817 e. The third-order valence-electron chi connectivity index (χ3n) is 11.8. The molecule has 7 aromatic carbocycles. The number of fused-ring (bicyclic) bond motifs is 7. The first-order valence-electron chi connectivity index (χ1n) is 18.5. The molecular weight excluding hydrogens is 629 g/mol. The molecule has 2 aliphatic carbocycles. The van der Waals surface area contributed by atoms with Crippen molar-refractivity contribution in [3.63, 3.8) is 0 Å². The van der Waals surface area contributed by atoms with E-state index >= 15 is 0 Å². The van der Waals surface area contributed by atoms with Crippen molar-refractivity contribution in [1.82, 2.24) is 5.32 Å². The Balaban J connectivity index is 1.18. The van der Waals surface area contributed by atoms with Crippen molar-refractivity contribution in [1.29, 1.82) is 0 Å². The van der Waals surface area contributed by atoms with Crippen LogP contribution in [0.4, 0.5) is 0 Å². The second-order valence-electron chi connectivity index (χ2n) is 15.5. The van der Waals surface area contributed by atoms with E-state index < -0.39 is 0 Å². The first kappa shape index (κ1) is 32.4. The Morgan fingerprint density at radius 1 is 0.519 bits per heavy atom. The normalized spacial score (nSPS) is 15.9. The van der Waals surface area contributed by atoms with Gasteiger partial charge in [-0.15, -0.1) is 0 Å². The summed E-state index contributed by atoms with van der Waals surface area (Å²) in [6, 6.07) is 55.1. The van der Waals surface area contributed by atoms with E-state index in [9.17, 15) is 0 Å². The van der Waals surface area contributed by atoms with Crippen LogP contribution in [0, 0.1) is 0 Å². The first-order valence-corrected chi connectivity index (χ1v) is 18.5. The lowest BCUT2D eigenvalue weighted by Gasteiger charge is -2.29. The molecule has 0 aromatic heterocycles. The lowest BCUT2D eigenvalue weighted by Crippen LogP contribution is -2.33. The summed E-state index contributed by atoms with van der Waals surface area (Å²) >= 11 is 0. The van der Waals surface area contributed by atoms with Crippen LogP contribution in [0.25, 0.3) is 50.2 Å². The molecule has 0 heterocycles. The highest BCUT2D eigenvalue weighted by molar-refractivity contribution is 5.99. The number of hydrogen-bond acceptors (Lipinski definition) is 2. The van der Waals surface area contributed by atoms with Gasteiger partial charge in [0, 0.05) is 10.8 Å². The predicted molar refractivity (Wildman–Crippen MR) is 219 cm³/mol. The van der Waals surface area contributed by atoms with Crippen molar-refractivity contribution < 1.29 is 0 Å². The number of nitrogens with one attached hydrogen (secondary N) is 1. The second kappa shape index (κ2) is 12.3. The predicted octanol–water partition coefficient (Wildman–Crippen LogP) is 12.1. The minimum Gasteiger partial charge on any atom is -0.312 e. The van der Waals surface area contributed by atoms with E-state index in [0.29, 0.717) is 0 Å². The summed E-state index contributed by atoms with van der Waals surface area (Å²) in [5.74, 6) is 0. The minimum absolute atomic E-state index is 0.101. The molecule has 0 saturated heterocycles. The number of hydrogen-bond donors (Lipinski definition) is 2. The highest BCUT2D eigenvalue weighted by Crippen LogP contribution is 2.54. The van der Waals surface area contributed by atoms with E-state index in [1.807, 2.05) is 6.07 Å². The molecule has 0 spiro atoms. The summed E-state index contributed by atoms with van der Waals surface area (Å²) < 4.78 is 0. The summed E-state index contributed by atoms with van der Waals surface area (Å²) in [6.07, 6.45) is 4.28. The van der Waals surface area contributed by atoms with E-state index in [-0.39, 0.29) is 23.0 Å². The van der Waals surface area contributed by atoms with Gasteiger partial charge in [-0.2, -0.15) is 0 Å². The quantitative estimate of drug-likeness (QED) is 0.165. The Morgan fingerprint density at radius 3 is 1.94 bits per heavy atom. The van der Waals surface area contributed by atoms with E-state index in [4.69, 9.17) is 5.73 Å². The fourth-order valence-corrected chi connectivity index (χ4v) is 9.13. The second-order valence-corrected chi connectivity index (χ2v) is 15.5. The van der Waals surface area contributed by atoms with Gasteiger partial charge in [0.05, 0.1) is 12.2 Å². The van der Waals surface area contributed by atoms with E-state index in [2.05, 4.69) is 191 Å². The SMILES string of the molecule is CC1(C)c2cc3ccccc3cc2-c2c(-c3ccccc3/C=C/C(NC(N)c3ccccc3)c3cccc4c3C(C)(C)c3ccccc3-4)cccc21. The maximum atomic E-state index is 6.95.